The fraction of sp³-hybridized carbons (Fsp3) is 0.267. The van der Waals surface area contributed by atoms with E-state index in [9.17, 15) is 9.18 Å². The lowest BCUT2D eigenvalue weighted by atomic mass is 10.2. The highest BCUT2D eigenvalue weighted by atomic mass is 35.5. The van der Waals surface area contributed by atoms with E-state index < -0.39 is 0 Å². The Morgan fingerprint density at radius 3 is 2.52 bits per heavy atom. The molecule has 21 heavy (non-hydrogen) atoms. The minimum atomic E-state index is -0.303. The van der Waals surface area contributed by atoms with Crippen LogP contribution in [-0.2, 0) is 0 Å². The molecule has 0 aliphatic rings. The molecular weight excluding hydrogens is 295 g/mol. The Hall–Kier alpha value is -1.85. The Morgan fingerprint density at radius 1 is 1.14 bits per heavy atom. The van der Waals surface area contributed by atoms with Crippen LogP contribution in [0.15, 0.2) is 40.8 Å². The third kappa shape index (κ3) is 4.88. The summed E-state index contributed by atoms with van der Waals surface area (Å²) in [6.07, 6.45) is 0.855. The predicted octanol–water partition coefficient (Wildman–Crippen LogP) is 2.85. The van der Waals surface area contributed by atoms with Crippen molar-refractivity contribution >= 4 is 18.3 Å². The Kier molecular flexibility index (Phi) is 6.91. The van der Waals surface area contributed by atoms with Gasteiger partial charge in [0.2, 0.25) is 0 Å². The zero-order valence-electron chi connectivity index (χ0n) is 11.7. The van der Waals surface area contributed by atoms with Gasteiger partial charge in [-0.05, 0) is 56.4 Å². The largest absolute Gasteiger partial charge is 0.451 e. The molecule has 0 saturated heterocycles. The first-order valence-corrected chi connectivity index (χ1v) is 6.49. The molecule has 0 fully saturated rings. The van der Waals surface area contributed by atoms with Crippen molar-refractivity contribution in [1.29, 1.82) is 0 Å². The van der Waals surface area contributed by atoms with Gasteiger partial charge in [-0.1, -0.05) is 0 Å². The average molecular weight is 313 g/mol. The first kappa shape index (κ1) is 17.2. The van der Waals surface area contributed by atoms with Crippen LogP contribution in [0.2, 0.25) is 0 Å². The maximum atomic E-state index is 12.8. The molecule has 0 radical (unpaired) electrons. The van der Waals surface area contributed by atoms with Gasteiger partial charge >= 0.3 is 0 Å². The minimum Gasteiger partial charge on any atom is -0.451 e. The maximum absolute atomic E-state index is 12.8. The van der Waals surface area contributed by atoms with E-state index in [1.807, 2.05) is 7.05 Å². The fourth-order valence-corrected chi connectivity index (χ4v) is 1.78. The van der Waals surface area contributed by atoms with Crippen molar-refractivity contribution in [3.63, 3.8) is 0 Å². The Labute approximate surface area is 129 Å². The van der Waals surface area contributed by atoms with Gasteiger partial charge in [-0.15, -0.1) is 12.4 Å². The Morgan fingerprint density at radius 2 is 1.86 bits per heavy atom. The molecule has 1 aromatic carbocycles. The highest BCUT2D eigenvalue weighted by Gasteiger charge is 2.11. The summed E-state index contributed by atoms with van der Waals surface area (Å²) in [5, 5.41) is 5.78. The average Bonchev–Trinajstić information content (AvgIpc) is 2.94. The van der Waals surface area contributed by atoms with Gasteiger partial charge in [-0.25, -0.2) is 4.39 Å². The summed E-state index contributed by atoms with van der Waals surface area (Å²) < 4.78 is 18.3. The predicted molar refractivity (Wildman–Crippen MR) is 82.2 cm³/mol. The van der Waals surface area contributed by atoms with Crippen LogP contribution in [0.4, 0.5) is 4.39 Å². The highest BCUT2D eigenvalue weighted by molar-refractivity contribution is 5.92. The Bertz CT molecular complexity index is 569. The molecule has 6 heteroatoms. The molecule has 1 aromatic heterocycles. The van der Waals surface area contributed by atoms with E-state index >= 15 is 0 Å². The van der Waals surface area contributed by atoms with E-state index in [2.05, 4.69) is 10.6 Å². The van der Waals surface area contributed by atoms with Crippen molar-refractivity contribution in [2.45, 2.75) is 6.42 Å². The molecule has 0 bridgehead atoms. The van der Waals surface area contributed by atoms with Crippen molar-refractivity contribution in [3.8, 4) is 11.3 Å². The highest BCUT2D eigenvalue weighted by Crippen LogP contribution is 2.22. The van der Waals surface area contributed by atoms with Crippen LogP contribution in [0.1, 0.15) is 17.0 Å². The summed E-state index contributed by atoms with van der Waals surface area (Å²) in [5.41, 5.74) is 0.737. The van der Waals surface area contributed by atoms with Gasteiger partial charge in [0.15, 0.2) is 5.76 Å². The number of furan rings is 1. The molecule has 4 nitrogen and oxygen atoms in total. The Balaban J connectivity index is 0.00000220. The first-order chi connectivity index (χ1) is 9.70. The second-order valence-corrected chi connectivity index (χ2v) is 4.38. The zero-order valence-corrected chi connectivity index (χ0v) is 12.5. The number of carbonyl (C=O) groups is 1. The molecule has 0 saturated carbocycles. The molecule has 0 unspecified atom stereocenters. The normalized spacial score (nSPS) is 10.0. The van der Waals surface area contributed by atoms with Crippen LogP contribution in [0.3, 0.4) is 0 Å². The van der Waals surface area contributed by atoms with Crippen LogP contribution < -0.4 is 10.6 Å². The number of nitrogens with one attached hydrogen (secondary N) is 2. The molecular formula is C15H18ClFN2O2. The number of hydrogen-bond donors (Lipinski definition) is 2. The lowest BCUT2D eigenvalue weighted by Crippen LogP contribution is -2.26. The van der Waals surface area contributed by atoms with Crippen LogP contribution >= 0.6 is 12.4 Å². The minimum absolute atomic E-state index is 0. The monoisotopic (exact) mass is 312 g/mol. The molecule has 1 heterocycles. The van der Waals surface area contributed by atoms with Gasteiger partial charge in [-0.2, -0.15) is 0 Å². The van der Waals surface area contributed by atoms with E-state index in [-0.39, 0.29) is 29.9 Å². The zero-order chi connectivity index (χ0) is 14.4. The molecule has 0 spiro atoms. The standard InChI is InChI=1S/C15H17FN2O2.ClH/c1-17-9-2-10-18-15(19)14-8-7-13(20-14)11-3-5-12(16)6-4-11;/h3-8,17H,2,9-10H2,1H3,(H,18,19);1H. The van der Waals surface area contributed by atoms with Crippen molar-refractivity contribution in [3.05, 3.63) is 48.0 Å². The third-order valence-electron chi connectivity index (χ3n) is 2.85. The van der Waals surface area contributed by atoms with Gasteiger partial charge in [0, 0.05) is 12.1 Å². The summed E-state index contributed by atoms with van der Waals surface area (Å²) in [6, 6.07) is 9.26. The van der Waals surface area contributed by atoms with E-state index in [0.717, 1.165) is 18.5 Å². The van der Waals surface area contributed by atoms with Crippen LogP contribution in [-0.4, -0.2) is 26.0 Å². The van der Waals surface area contributed by atoms with Crippen LogP contribution in [0.5, 0.6) is 0 Å². The van der Waals surface area contributed by atoms with E-state index in [1.165, 1.54) is 12.1 Å². The van der Waals surface area contributed by atoms with Gasteiger partial charge < -0.3 is 15.1 Å². The number of hydrogen-bond acceptors (Lipinski definition) is 3. The van der Waals surface area contributed by atoms with Crippen molar-refractivity contribution < 1.29 is 13.6 Å². The molecule has 114 valence electrons. The van der Waals surface area contributed by atoms with Gasteiger partial charge in [0.1, 0.15) is 11.6 Å². The van der Waals surface area contributed by atoms with E-state index in [0.29, 0.717) is 12.3 Å². The van der Waals surface area contributed by atoms with E-state index in [1.54, 1.807) is 24.3 Å². The summed E-state index contributed by atoms with van der Waals surface area (Å²) >= 11 is 0. The quantitative estimate of drug-likeness (QED) is 0.806. The second kappa shape index (κ2) is 8.44. The maximum Gasteiger partial charge on any atom is 0.287 e. The summed E-state index contributed by atoms with van der Waals surface area (Å²) in [7, 11) is 1.86. The number of carbonyl (C=O) groups excluding carboxylic acids is 1. The second-order valence-electron chi connectivity index (χ2n) is 4.38. The smallest absolute Gasteiger partial charge is 0.287 e. The lowest BCUT2D eigenvalue weighted by Gasteiger charge is -2.02. The number of halogens is 2. The third-order valence-corrected chi connectivity index (χ3v) is 2.85. The number of amides is 1. The van der Waals surface area contributed by atoms with E-state index in [4.69, 9.17) is 4.42 Å². The fourth-order valence-electron chi connectivity index (χ4n) is 1.78. The van der Waals surface area contributed by atoms with Crippen molar-refractivity contribution in [1.82, 2.24) is 10.6 Å². The molecule has 0 atom stereocenters. The lowest BCUT2D eigenvalue weighted by molar-refractivity contribution is 0.0926. The topological polar surface area (TPSA) is 54.3 Å². The molecule has 2 aromatic rings. The summed E-state index contributed by atoms with van der Waals surface area (Å²) in [5.74, 6) is 0.261. The van der Waals surface area contributed by atoms with Crippen LogP contribution in [0.25, 0.3) is 11.3 Å². The molecule has 0 aliphatic carbocycles. The molecule has 0 aliphatic heterocycles. The SMILES string of the molecule is CNCCCNC(=O)c1ccc(-c2ccc(F)cc2)o1.Cl. The summed E-state index contributed by atoms with van der Waals surface area (Å²) in [6.45, 7) is 1.44. The molecule has 2 N–H and O–H groups in total. The molecule has 2 rings (SSSR count). The van der Waals surface area contributed by atoms with Crippen molar-refractivity contribution in [2.24, 2.45) is 0 Å². The van der Waals surface area contributed by atoms with Crippen LogP contribution in [0, 0.1) is 5.82 Å². The van der Waals surface area contributed by atoms with Gasteiger partial charge in [0.25, 0.3) is 5.91 Å². The van der Waals surface area contributed by atoms with Crippen molar-refractivity contribution in [2.75, 3.05) is 20.1 Å². The number of rotatable bonds is 6. The van der Waals surface area contributed by atoms with Gasteiger partial charge in [0.05, 0.1) is 0 Å². The summed E-state index contributed by atoms with van der Waals surface area (Å²) in [4.78, 5) is 11.8. The van der Waals surface area contributed by atoms with Gasteiger partial charge in [-0.3, -0.25) is 4.79 Å². The first-order valence-electron chi connectivity index (χ1n) is 6.49. The molecule has 1 amide bonds. The number of benzene rings is 1.